The largest absolute Gasteiger partial charge is 0.426 e. The van der Waals surface area contributed by atoms with Gasteiger partial charge in [-0.25, -0.2) is 0 Å². The third-order valence-electron chi connectivity index (χ3n) is 5.43. The van der Waals surface area contributed by atoms with E-state index < -0.39 is 0 Å². The van der Waals surface area contributed by atoms with Crippen molar-refractivity contribution < 1.29 is 9.21 Å². The molecule has 1 aromatic carbocycles. The lowest BCUT2D eigenvalue weighted by atomic mass is 9.93. The number of hydrogen-bond acceptors (Lipinski definition) is 6. The van der Waals surface area contributed by atoms with Gasteiger partial charge in [-0.3, -0.25) is 4.79 Å². The maximum atomic E-state index is 12.7. The first-order chi connectivity index (χ1) is 15.0. The zero-order valence-electron chi connectivity index (χ0n) is 17.7. The van der Waals surface area contributed by atoms with Gasteiger partial charge in [0.05, 0.1) is 18.4 Å². The van der Waals surface area contributed by atoms with Crippen LogP contribution in [-0.2, 0) is 17.8 Å². The quantitative estimate of drug-likeness (QED) is 0.545. The van der Waals surface area contributed by atoms with Gasteiger partial charge < -0.3 is 9.32 Å². The monoisotopic (exact) mass is 440 g/mol. The third kappa shape index (κ3) is 5.58. The highest BCUT2D eigenvalue weighted by Crippen LogP contribution is 2.22. The highest BCUT2D eigenvalue weighted by Gasteiger charge is 2.23. The summed E-state index contributed by atoms with van der Waals surface area (Å²) in [6.45, 7) is 5.63. The third-order valence-corrected chi connectivity index (χ3v) is 5.67. The van der Waals surface area contributed by atoms with Crippen molar-refractivity contribution in [3.05, 3.63) is 64.1 Å². The Labute approximate surface area is 185 Å². The smallest absolute Gasteiger partial charge is 0.246 e. The van der Waals surface area contributed by atoms with E-state index in [9.17, 15) is 4.79 Å². The SMILES string of the molecule is Cc1cnn(Cc2cc(Cl)ccc2C=CC(=O)N2CCC(Cc3nnc(C)o3)CC2)n1. The fourth-order valence-corrected chi connectivity index (χ4v) is 3.97. The Kier molecular flexibility index (Phi) is 6.46. The molecule has 9 heteroatoms. The van der Waals surface area contributed by atoms with Crippen LogP contribution in [0.25, 0.3) is 6.08 Å². The number of halogens is 1. The Hall–Kier alpha value is -3.00. The van der Waals surface area contributed by atoms with Gasteiger partial charge in [-0.2, -0.15) is 15.0 Å². The molecule has 3 heterocycles. The maximum Gasteiger partial charge on any atom is 0.246 e. The van der Waals surface area contributed by atoms with Crippen LogP contribution in [0.1, 0.15) is 41.4 Å². The van der Waals surface area contributed by atoms with Crippen molar-refractivity contribution in [3.63, 3.8) is 0 Å². The first-order valence-electron chi connectivity index (χ1n) is 10.4. The van der Waals surface area contributed by atoms with Gasteiger partial charge in [-0.05, 0) is 55.0 Å². The number of aryl methyl sites for hydroxylation is 2. The second-order valence-electron chi connectivity index (χ2n) is 7.88. The highest BCUT2D eigenvalue weighted by atomic mass is 35.5. The minimum Gasteiger partial charge on any atom is -0.426 e. The Bertz CT molecular complexity index is 1080. The molecule has 1 aliphatic heterocycles. The number of hydrogen-bond donors (Lipinski definition) is 0. The van der Waals surface area contributed by atoms with E-state index in [4.69, 9.17) is 16.0 Å². The minimum absolute atomic E-state index is 0.0149. The summed E-state index contributed by atoms with van der Waals surface area (Å²) in [5, 5.41) is 17.2. The average molecular weight is 441 g/mol. The van der Waals surface area contributed by atoms with Crippen molar-refractivity contribution in [3.8, 4) is 0 Å². The van der Waals surface area contributed by atoms with Crippen LogP contribution in [0.2, 0.25) is 5.02 Å². The molecule has 162 valence electrons. The maximum absolute atomic E-state index is 12.7. The van der Waals surface area contributed by atoms with Crippen LogP contribution >= 0.6 is 11.6 Å². The summed E-state index contributed by atoms with van der Waals surface area (Å²) in [5.74, 6) is 1.74. The molecule has 0 saturated carbocycles. The van der Waals surface area contributed by atoms with Gasteiger partial charge in [0, 0.05) is 37.5 Å². The lowest BCUT2D eigenvalue weighted by Gasteiger charge is -2.30. The molecule has 0 N–H and O–H groups in total. The van der Waals surface area contributed by atoms with Gasteiger partial charge in [0.2, 0.25) is 17.7 Å². The lowest BCUT2D eigenvalue weighted by molar-refractivity contribution is -0.127. The molecular weight excluding hydrogens is 416 g/mol. The Morgan fingerprint density at radius 3 is 2.74 bits per heavy atom. The lowest BCUT2D eigenvalue weighted by Crippen LogP contribution is -2.38. The fraction of sp³-hybridized carbons (Fsp3) is 0.409. The number of carbonyl (C=O) groups excluding carboxylic acids is 1. The first kappa shape index (κ1) is 21.2. The molecule has 0 radical (unpaired) electrons. The van der Waals surface area contributed by atoms with Crippen LogP contribution in [0, 0.1) is 19.8 Å². The summed E-state index contributed by atoms with van der Waals surface area (Å²) >= 11 is 6.18. The van der Waals surface area contributed by atoms with Crippen molar-refractivity contribution in [2.75, 3.05) is 13.1 Å². The molecule has 4 rings (SSSR count). The summed E-state index contributed by atoms with van der Waals surface area (Å²) in [5.41, 5.74) is 2.74. The van der Waals surface area contributed by atoms with E-state index in [1.54, 1.807) is 24.0 Å². The second kappa shape index (κ2) is 9.43. The number of likely N-dealkylation sites (tertiary alicyclic amines) is 1. The highest BCUT2D eigenvalue weighted by molar-refractivity contribution is 6.30. The molecule has 0 spiro atoms. The van der Waals surface area contributed by atoms with Crippen molar-refractivity contribution >= 4 is 23.6 Å². The van der Waals surface area contributed by atoms with Gasteiger partial charge in [-0.15, -0.1) is 10.2 Å². The summed E-state index contributed by atoms with van der Waals surface area (Å²) in [6.07, 6.45) is 7.82. The van der Waals surface area contributed by atoms with Crippen LogP contribution in [0.4, 0.5) is 0 Å². The molecule has 3 aromatic rings. The van der Waals surface area contributed by atoms with Gasteiger partial charge >= 0.3 is 0 Å². The van der Waals surface area contributed by atoms with E-state index in [1.807, 2.05) is 36.1 Å². The first-order valence-corrected chi connectivity index (χ1v) is 10.7. The zero-order chi connectivity index (χ0) is 21.8. The van der Waals surface area contributed by atoms with E-state index in [-0.39, 0.29) is 5.91 Å². The molecular formula is C22H25ClN6O2. The van der Waals surface area contributed by atoms with Gasteiger partial charge in [0.15, 0.2) is 0 Å². The number of amides is 1. The fourth-order valence-electron chi connectivity index (χ4n) is 3.78. The predicted molar refractivity (Wildman–Crippen MR) is 116 cm³/mol. The van der Waals surface area contributed by atoms with Crippen LogP contribution in [0.5, 0.6) is 0 Å². The number of nitrogens with zero attached hydrogens (tertiary/aromatic N) is 6. The van der Waals surface area contributed by atoms with Crippen LogP contribution in [0.3, 0.4) is 0 Å². The van der Waals surface area contributed by atoms with E-state index >= 15 is 0 Å². The summed E-state index contributed by atoms with van der Waals surface area (Å²) in [6, 6.07) is 5.62. The number of rotatable bonds is 6. The van der Waals surface area contributed by atoms with Crippen molar-refractivity contribution in [1.29, 1.82) is 0 Å². The Morgan fingerprint density at radius 2 is 2.06 bits per heavy atom. The second-order valence-corrected chi connectivity index (χ2v) is 8.32. The number of carbonyl (C=O) groups is 1. The van der Waals surface area contributed by atoms with Crippen LogP contribution in [-0.4, -0.2) is 49.1 Å². The zero-order valence-corrected chi connectivity index (χ0v) is 18.4. The van der Waals surface area contributed by atoms with E-state index in [0.29, 0.717) is 29.3 Å². The molecule has 1 fully saturated rings. The molecule has 0 bridgehead atoms. The molecule has 0 atom stereocenters. The van der Waals surface area contributed by atoms with Crippen LogP contribution < -0.4 is 0 Å². The van der Waals surface area contributed by atoms with E-state index in [0.717, 1.165) is 49.2 Å². The molecule has 0 aliphatic carbocycles. The van der Waals surface area contributed by atoms with Crippen molar-refractivity contribution in [1.82, 2.24) is 30.1 Å². The Balaban J connectivity index is 1.36. The van der Waals surface area contributed by atoms with Gasteiger partial charge in [0.1, 0.15) is 0 Å². The van der Waals surface area contributed by atoms with Crippen LogP contribution in [0.15, 0.2) is 34.9 Å². The normalized spacial score (nSPS) is 15.1. The Morgan fingerprint density at radius 1 is 1.26 bits per heavy atom. The molecule has 1 saturated heterocycles. The van der Waals surface area contributed by atoms with Gasteiger partial charge in [-0.1, -0.05) is 17.7 Å². The van der Waals surface area contributed by atoms with E-state index in [2.05, 4.69) is 20.4 Å². The molecule has 2 aromatic heterocycles. The summed E-state index contributed by atoms with van der Waals surface area (Å²) in [4.78, 5) is 16.2. The molecule has 31 heavy (non-hydrogen) atoms. The van der Waals surface area contributed by atoms with E-state index in [1.165, 1.54) is 0 Å². The number of benzene rings is 1. The number of piperidine rings is 1. The minimum atomic E-state index is 0.0149. The van der Waals surface area contributed by atoms with Crippen molar-refractivity contribution in [2.24, 2.45) is 5.92 Å². The topological polar surface area (TPSA) is 89.9 Å². The summed E-state index contributed by atoms with van der Waals surface area (Å²) in [7, 11) is 0. The number of aromatic nitrogens is 5. The molecule has 0 unspecified atom stereocenters. The average Bonchev–Trinajstić information content (AvgIpc) is 3.35. The predicted octanol–water partition coefficient (Wildman–Crippen LogP) is 3.47. The molecule has 1 amide bonds. The van der Waals surface area contributed by atoms with Gasteiger partial charge in [0.25, 0.3) is 0 Å². The van der Waals surface area contributed by atoms with Crippen molar-refractivity contribution in [2.45, 2.75) is 39.7 Å². The standard InChI is InChI=1S/C22H25ClN6O2/c1-15-13-24-29(27-15)14-19-12-20(23)5-3-18(19)4-6-22(30)28-9-7-17(8-10-28)11-21-26-25-16(2)31-21/h3-6,12-13,17H,7-11,14H2,1-2H3. The molecule has 1 aliphatic rings. The molecule has 8 nitrogen and oxygen atoms in total. The summed E-state index contributed by atoms with van der Waals surface area (Å²) < 4.78 is 5.48.